The maximum Gasteiger partial charge on any atom is 0.306 e. The number of anilines is 5. The van der Waals surface area contributed by atoms with Crippen molar-refractivity contribution in [1.82, 2.24) is 9.97 Å². The monoisotopic (exact) mass is 504 g/mol. The second kappa shape index (κ2) is 10.2. The highest BCUT2D eigenvalue weighted by molar-refractivity contribution is 6.08. The van der Waals surface area contributed by atoms with Crippen LogP contribution in [0.1, 0.15) is 28.8 Å². The zero-order valence-corrected chi connectivity index (χ0v) is 20.3. The summed E-state index contributed by atoms with van der Waals surface area (Å²) in [7, 11) is 0. The topological polar surface area (TPSA) is 149 Å². The van der Waals surface area contributed by atoms with Crippen LogP contribution in [0.25, 0.3) is 0 Å². The molecule has 5 rings (SSSR count). The quantitative estimate of drug-likeness (QED) is 0.341. The Bertz CT molecular complexity index is 1380. The zero-order valence-electron chi connectivity index (χ0n) is 20.3. The van der Waals surface area contributed by atoms with E-state index in [0.717, 1.165) is 16.9 Å². The molecule has 0 unspecified atom stereocenters. The highest BCUT2D eigenvalue weighted by atomic mass is 16.5. The predicted molar refractivity (Wildman–Crippen MR) is 140 cm³/mol. The second-order valence-corrected chi connectivity index (χ2v) is 9.07. The average molecular weight is 505 g/mol. The lowest BCUT2D eigenvalue weighted by Crippen LogP contribution is -2.36. The number of nitrogens with one attached hydrogen (secondary N) is 4. The minimum atomic E-state index is -0.744. The molecule has 2 aliphatic rings. The number of aromatic nitrogens is 2. The lowest BCUT2D eigenvalue weighted by Gasteiger charge is -2.32. The summed E-state index contributed by atoms with van der Waals surface area (Å²) in [6, 6.07) is 8.92. The summed E-state index contributed by atoms with van der Waals surface area (Å²) < 4.78 is 5.57. The molecule has 2 aromatic heterocycles. The van der Waals surface area contributed by atoms with Gasteiger partial charge < -0.3 is 35.7 Å². The van der Waals surface area contributed by atoms with Gasteiger partial charge in [0.2, 0.25) is 5.88 Å². The van der Waals surface area contributed by atoms with Gasteiger partial charge in [0.1, 0.15) is 17.9 Å². The first-order valence-corrected chi connectivity index (χ1v) is 12.1. The van der Waals surface area contributed by atoms with Gasteiger partial charge in [-0.1, -0.05) is 0 Å². The number of benzene rings is 1. The van der Waals surface area contributed by atoms with Gasteiger partial charge in [-0.2, -0.15) is 0 Å². The number of H-pyrrole nitrogens is 1. The number of carboxylic acid groups (broad SMARTS) is 1. The van der Waals surface area contributed by atoms with Crippen molar-refractivity contribution >= 4 is 40.3 Å². The summed E-state index contributed by atoms with van der Waals surface area (Å²) >= 11 is 0. The molecule has 0 atom stereocenters. The van der Waals surface area contributed by atoms with Crippen molar-refractivity contribution < 1.29 is 19.4 Å². The molecule has 0 aliphatic carbocycles. The van der Waals surface area contributed by atoms with E-state index in [1.165, 1.54) is 6.20 Å². The van der Waals surface area contributed by atoms with E-state index in [0.29, 0.717) is 62.0 Å². The molecule has 0 saturated carbocycles. The van der Waals surface area contributed by atoms with E-state index in [1.807, 2.05) is 19.1 Å². The summed E-state index contributed by atoms with van der Waals surface area (Å²) in [6.45, 7) is 4.43. The number of hydrogen-bond acceptors (Lipinski definition) is 8. The van der Waals surface area contributed by atoms with Crippen LogP contribution in [0.5, 0.6) is 5.88 Å². The molecule has 1 aromatic carbocycles. The number of carbonyl (C=O) groups is 2. The third-order valence-corrected chi connectivity index (χ3v) is 6.74. The minimum Gasteiger partial charge on any atom is -0.481 e. The number of piperidine rings is 1. The lowest BCUT2D eigenvalue weighted by atomic mass is 9.97. The highest BCUT2D eigenvalue weighted by Gasteiger charge is 2.25. The molecular weight excluding hydrogens is 476 g/mol. The fourth-order valence-electron chi connectivity index (χ4n) is 4.63. The smallest absolute Gasteiger partial charge is 0.306 e. The molecule has 1 amide bonds. The first-order valence-electron chi connectivity index (χ1n) is 12.1. The number of nitrogens with zero attached hydrogens (tertiary/aromatic N) is 2. The molecule has 0 spiro atoms. The average Bonchev–Trinajstić information content (AvgIpc) is 2.91. The van der Waals surface area contributed by atoms with E-state index in [-0.39, 0.29) is 11.5 Å². The first kappa shape index (κ1) is 24.2. The van der Waals surface area contributed by atoms with Crippen LogP contribution >= 0.6 is 0 Å². The van der Waals surface area contributed by atoms with Gasteiger partial charge in [-0.3, -0.25) is 14.4 Å². The van der Waals surface area contributed by atoms with E-state index < -0.39 is 17.4 Å². The molecular formula is C26H28N6O5. The van der Waals surface area contributed by atoms with E-state index in [9.17, 15) is 19.5 Å². The van der Waals surface area contributed by atoms with Gasteiger partial charge in [0.05, 0.1) is 23.5 Å². The Morgan fingerprint density at radius 1 is 1.14 bits per heavy atom. The number of aromatic amines is 1. The molecule has 5 N–H and O–H groups in total. The normalized spacial score (nSPS) is 15.2. The number of amides is 1. The number of aliphatic carboxylic acids is 1. The number of carboxylic acids is 1. The number of rotatable bonds is 6. The zero-order chi connectivity index (χ0) is 25.9. The van der Waals surface area contributed by atoms with Gasteiger partial charge in [-0.25, -0.2) is 4.98 Å². The van der Waals surface area contributed by atoms with Gasteiger partial charge in [0.15, 0.2) is 0 Å². The third-order valence-electron chi connectivity index (χ3n) is 6.74. The van der Waals surface area contributed by atoms with Gasteiger partial charge in [0.25, 0.3) is 11.5 Å². The van der Waals surface area contributed by atoms with Crippen LogP contribution in [0.4, 0.5) is 28.4 Å². The maximum absolute atomic E-state index is 13.2. The summed E-state index contributed by atoms with van der Waals surface area (Å²) in [4.78, 5) is 46.0. The van der Waals surface area contributed by atoms with Crippen LogP contribution in [-0.2, 0) is 4.79 Å². The van der Waals surface area contributed by atoms with Crippen molar-refractivity contribution in [2.24, 2.45) is 5.92 Å². The summed E-state index contributed by atoms with van der Waals surface area (Å²) in [5.41, 5.74) is 3.55. The molecule has 192 valence electrons. The third kappa shape index (κ3) is 5.06. The Balaban J connectivity index is 1.31. The Kier molecular flexibility index (Phi) is 6.67. The van der Waals surface area contributed by atoms with Gasteiger partial charge in [-0.15, -0.1) is 0 Å². The highest BCUT2D eigenvalue weighted by Crippen LogP contribution is 2.34. The first-order chi connectivity index (χ1) is 17.9. The molecule has 4 heterocycles. The van der Waals surface area contributed by atoms with Crippen molar-refractivity contribution in [3.8, 4) is 5.88 Å². The maximum atomic E-state index is 13.2. The van der Waals surface area contributed by atoms with E-state index in [4.69, 9.17) is 4.74 Å². The minimum absolute atomic E-state index is 0.0522. The fourth-order valence-corrected chi connectivity index (χ4v) is 4.63. The number of hydrogen-bond donors (Lipinski definition) is 5. The Morgan fingerprint density at radius 3 is 2.62 bits per heavy atom. The molecule has 1 fully saturated rings. The van der Waals surface area contributed by atoms with Crippen molar-refractivity contribution in [2.45, 2.75) is 19.8 Å². The van der Waals surface area contributed by atoms with Crippen LogP contribution in [0.15, 0.2) is 47.5 Å². The largest absolute Gasteiger partial charge is 0.481 e. The molecule has 11 nitrogen and oxygen atoms in total. The number of ether oxygens (including phenoxy) is 1. The SMILES string of the molecule is Cc1c(Nc2cc[nH]c(=O)c2C(=O)Nc2ccc(N3CCC(C(=O)O)CC3)cc2)cnc2c1NCCO2. The molecule has 11 heteroatoms. The van der Waals surface area contributed by atoms with Crippen molar-refractivity contribution in [1.29, 1.82) is 0 Å². The van der Waals surface area contributed by atoms with E-state index >= 15 is 0 Å². The van der Waals surface area contributed by atoms with Crippen LogP contribution < -0.4 is 31.1 Å². The molecule has 1 saturated heterocycles. The second-order valence-electron chi connectivity index (χ2n) is 9.07. The van der Waals surface area contributed by atoms with Crippen LogP contribution in [0, 0.1) is 12.8 Å². The van der Waals surface area contributed by atoms with E-state index in [1.54, 1.807) is 24.4 Å². The van der Waals surface area contributed by atoms with Crippen molar-refractivity contribution in [3.63, 3.8) is 0 Å². The summed E-state index contributed by atoms with van der Waals surface area (Å²) in [5.74, 6) is -1.07. The molecule has 2 aliphatic heterocycles. The van der Waals surface area contributed by atoms with Crippen LogP contribution in [-0.4, -0.2) is 53.2 Å². The number of fused-ring (bicyclic) bond motifs is 1. The predicted octanol–water partition coefficient (Wildman–Crippen LogP) is 3.18. The fraction of sp³-hybridized carbons (Fsp3) is 0.308. The molecule has 0 bridgehead atoms. The standard InChI is InChI=1S/C26H28N6O5/c1-15-20(14-29-25-22(15)27-10-13-37-25)31-19-6-9-28-23(33)21(19)24(34)30-17-2-4-18(5-3-17)32-11-7-16(8-12-32)26(35)36/h2-6,9,14,16,27H,7-8,10-13H2,1H3,(H,30,34)(H,35,36)(H2,28,31,33). The van der Waals surface area contributed by atoms with E-state index in [2.05, 4.69) is 30.8 Å². The Morgan fingerprint density at radius 2 is 1.89 bits per heavy atom. The number of pyridine rings is 2. The number of carbonyl (C=O) groups excluding carboxylic acids is 1. The van der Waals surface area contributed by atoms with Gasteiger partial charge in [0, 0.05) is 42.8 Å². The van der Waals surface area contributed by atoms with Crippen LogP contribution in [0.2, 0.25) is 0 Å². The molecule has 3 aromatic rings. The Hall–Kier alpha value is -4.54. The van der Waals surface area contributed by atoms with Gasteiger partial charge in [-0.05, 0) is 50.1 Å². The lowest BCUT2D eigenvalue weighted by molar-refractivity contribution is -0.142. The Labute approximate surface area is 212 Å². The van der Waals surface area contributed by atoms with Crippen molar-refractivity contribution in [3.05, 3.63) is 64.2 Å². The summed E-state index contributed by atoms with van der Waals surface area (Å²) in [5, 5.41) is 18.4. The van der Waals surface area contributed by atoms with Crippen molar-refractivity contribution in [2.75, 3.05) is 47.1 Å². The van der Waals surface area contributed by atoms with Crippen LogP contribution in [0.3, 0.4) is 0 Å². The van der Waals surface area contributed by atoms with Gasteiger partial charge >= 0.3 is 5.97 Å². The molecule has 37 heavy (non-hydrogen) atoms. The summed E-state index contributed by atoms with van der Waals surface area (Å²) in [6.07, 6.45) is 4.29. The molecule has 0 radical (unpaired) electrons.